The van der Waals surface area contributed by atoms with Gasteiger partial charge in [-0.05, 0) is 67.8 Å². The predicted octanol–water partition coefficient (Wildman–Crippen LogP) is 1.78. The van der Waals surface area contributed by atoms with Crippen LogP contribution in [0.1, 0.15) is 125 Å². The molecule has 0 radical (unpaired) electrons. The number of ether oxygens (including phenoxy) is 1. The monoisotopic (exact) mass is 782 g/mol. The summed E-state index contributed by atoms with van der Waals surface area (Å²) in [5.41, 5.74) is 3.71. The Morgan fingerprint density at radius 1 is 1.04 bits per heavy atom. The van der Waals surface area contributed by atoms with Crippen molar-refractivity contribution in [3.63, 3.8) is 0 Å². The molecule has 2 aliphatic carbocycles. The van der Waals surface area contributed by atoms with E-state index in [9.17, 15) is 37.8 Å². The number of rotatable bonds is 13. The van der Waals surface area contributed by atoms with Crippen LogP contribution < -0.4 is 16.4 Å². The maximum atomic E-state index is 14.9. The first-order chi connectivity index (χ1) is 26.1. The molecule has 16 nitrogen and oxygen atoms in total. The number of Topliss-reactive ketones (excluding diaryl/α,β-unsaturated/α-hetero) is 1. The molecular formula is C38H52N7O9S-. The number of amides is 4. The molecule has 4 fully saturated rings. The smallest absolute Gasteiger partial charge is 0.287 e. The zero-order valence-electron chi connectivity index (χ0n) is 31.5. The van der Waals surface area contributed by atoms with Gasteiger partial charge in [0.25, 0.3) is 11.8 Å². The second-order valence-electron chi connectivity index (χ2n) is 16.2. The van der Waals surface area contributed by atoms with E-state index in [4.69, 9.17) is 10.5 Å². The molecular weight excluding hydrogens is 731 g/mol. The number of primary amides is 1. The number of aromatic nitrogens is 3. The minimum absolute atomic E-state index is 0.0154. The fourth-order valence-electron chi connectivity index (χ4n) is 8.96. The molecule has 2 aliphatic heterocycles. The number of aliphatic hydroxyl groups is 1. The summed E-state index contributed by atoms with van der Waals surface area (Å²) in [6.07, 6.45) is 9.25. The zero-order chi connectivity index (χ0) is 39.5. The molecule has 1 unspecified atom stereocenters. The maximum absolute atomic E-state index is 14.9. The third-order valence-electron chi connectivity index (χ3n) is 12.1. The molecule has 3 heterocycles. The van der Waals surface area contributed by atoms with Crippen molar-refractivity contribution >= 4 is 40.5 Å². The van der Waals surface area contributed by atoms with Crippen LogP contribution in [0, 0.1) is 5.92 Å². The van der Waals surface area contributed by atoms with Crippen molar-refractivity contribution in [2.75, 3.05) is 19.8 Å². The minimum Gasteiger partial charge on any atom is -0.772 e. The molecule has 55 heavy (non-hydrogen) atoms. The van der Waals surface area contributed by atoms with Gasteiger partial charge in [0, 0.05) is 44.6 Å². The van der Waals surface area contributed by atoms with E-state index in [1.807, 2.05) is 0 Å². The molecule has 5 N–H and O–H groups in total. The molecule has 6 rings (SSSR count). The van der Waals surface area contributed by atoms with Crippen molar-refractivity contribution in [3.05, 3.63) is 47.3 Å². The number of carbonyl (C=O) groups is 5. The van der Waals surface area contributed by atoms with Gasteiger partial charge in [-0.25, -0.2) is 4.68 Å². The SMILES string of the molecule is CC(C)(O)c1cnnn1[C@H]1C[C@@H](C(=O)NC2(C(=O)C(N)=O)CCOCC2)N(C(=O)[C@@H](CC2CCCCC2)NC(=O)c2ccc(C3(S(=O)[O-])CCCC3)cc2)C1. The van der Waals surface area contributed by atoms with E-state index in [0.717, 1.165) is 44.9 Å². The summed E-state index contributed by atoms with van der Waals surface area (Å²) in [4.78, 5) is 69.8. The lowest BCUT2D eigenvalue weighted by Gasteiger charge is -2.37. The molecule has 4 aliphatic rings. The van der Waals surface area contributed by atoms with Crippen LogP contribution >= 0.6 is 0 Å². The van der Waals surface area contributed by atoms with E-state index < -0.39 is 74.5 Å². The highest BCUT2D eigenvalue weighted by Crippen LogP contribution is 2.43. The van der Waals surface area contributed by atoms with Gasteiger partial charge in [-0.2, -0.15) is 0 Å². The fourth-order valence-corrected chi connectivity index (χ4v) is 9.91. The van der Waals surface area contributed by atoms with Gasteiger partial charge in [0.2, 0.25) is 17.6 Å². The molecule has 4 amide bonds. The quantitative estimate of drug-likeness (QED) is 0.169. The summed E-state index contributed by atoms with van der Waals surface area (Å²) < 4.78 is 30.5. The first-order valence-electron chi connectivity index (χ1n) is 19.3. The summed E-state index contributed by atoms with van der Waals surface area (Å²) in [7, 11) is 0. The molecule has 0 spiro atoms. The Balaban J connectivity index is 1.31. The fraction of sp³-hybridized carbons (Fsp3) is 0.658. The first kappa shape index (κ1) is 40.6. The van der Waals surface area contributed by atoms with Crippen LogP contribution in [-0.2, 0) is 45.3 Å². The van der Waals surface area contributed by atoms with Crippen LogP contribution in [-0.4, -0.2) is 101 Å². The Bertz CT molecular complexity index is 1770. The number of nitrogens with two attached hydrogens (primary N) is 1. The van der Waals surface area contributed by atoms with E-state index >= 15 is 0 Å². The van der Waals surface area contributed by atoms with Gasteiger partial charge in [-0.15, -0.1) is 5.10 Å². The lowest BCUT2D eigenvalue weighted by atomic mass is 9.84. The van der Waals surface area contributed by atoms with Crippen LogP contribution in [0.2, 0.25) is 0 Å². The number of carbonyl (C=O) groups excluding carboxylic acids is 5. The van der Waals surface area contributed by atoms with Gasteiger partial charge in [-0.1, -0.05) is 62.3 Å². The second kappa shape index (κ2) is 16.6. The Morgan fingerprint density at radius 2 is 1.69 bits per heavy atom. The Labute approximate surface area is 323 Å². The van der Waals surface area contributed by atoms with Crippen molar-refractivity contribution in [3.8, 4) is 0 Å². The van der Waals surface area contributed by atoms with E-state index in [-0.39, 0.29) is 50.5 Å². The van der Waals surface area contributed by atoms with Crippen LogP contribution in [0.15, 0.2) is 30.5 Å². The van der Waals surface area contributed by atoms with E-state index in [1.165, 1.54) is 15.8 Å². The molecule has 0 bridgehead atoms. The zero-order valence-corrected chi connectivity index (χ0v) is 32.3. The van der Waals surface area contributed by atoms with E-state index in [1.54, 1.807) is 38.1 Å². The van der Waals surface area contributed by atoms with Gasteiger partial charge in [0.1, 0.15) is 23.2 Å². The largest absolute Gasteiger partial charge is 0.772 e. The van der Waals surface area contributed by atoms with Gasteiger partial charge >= 0.3 is 0 Å². The van der Waals surface area contributed by atoms with E-state index in [2.05, 4.69) is 20.9 Å². The molecule has 300 valence electrons. The van der Waals surface area contributed by atoms with Crippen molar-refractivity contribution < 1.29 is 42.6 Å². The van der Waals surface area contributed by atoms with Crippen LogP contribution in [0.4, 0.5) is 0 Å². The van der Waals surface area contributed by atoms with Crippen molar-refractivity contribution in [2.24, 2.45) is 11.7 Å². The number of hydrogen-bond donors (Lipinski definition) is 4. The lowest BCUT2D eigenvalue weighted by molar-refractivity contribution is -0.147. The summed E-state index contributed by atoms with van der Waals surface area (Å²) in [5, 5.41) is 24.8. The lowest BCUT2D eigenvalue weighted by Crippen LogP contribution is -2.64. The van der Waals surface area contributed by atoms with Crippen molar-refractivity contribution in [1.82, 2.24) is 30.5 Å². The summed E-state index contributed by atoms with van der Waals surface area (Å²) in [6.45, 7) is 3.34. The predicted molar refractivity (Wildman–Crippen MR) is 198 cm³/mol. The summed E-state index contributed by atoms with van der Waals surface area (Å²) in [6, 6.07) is 3.68. The van der Waals surface area contributed by atoms with Gasteiger partial charge in [-0.3, -0.25) is 28.2 Å². The Morgan fingerprint density at radius 3 is 2.29 bits per heavy atom. The number of nitrogens with zero attached hydrogens (tertiary/aromatic N) is 4. The highest BCUT2D eigenvalue weighted by molar-refractivity contribution is 7.80. The van der Waals surface area contributed by atoms with Gasteiger partial charge in [0.05, 0.1) is 22.7 Å². The number of benzene rings is 1. The highest BCUT2D eigenvalue weighted by atomic mass is 32.2. The molecule has 1 aromatic carbocycles. The molecule has 17 heteroatoms. The maximum Gasteiger partial charge on any atom is 0.287 e. The van der Waals surface area contributed by atoms with Crippen molar-refractivity contribution in [1.29, 1.82) is 0 Å². The average molecular weight is 783 g/mol. The first-order valence-corrected chi connectivity index (χ1v) is 20.4. The number of nitrogens with one attached hydrogen (secondary N) is 2. The summed E-state index contributed by atoms with van der Waals surface area (Å²) >= 11 is -2.33. The number of likely N-dealkylation sites (tertiary alicyclic amines) is 1. The molecule has 2 saturated heterocycles. The second-order valence-corrected chi connectivity index (χ2v) is 17.4. The molecule has 2 saturated carbocycles. The van der Waals surface area contributed by atoms with Gasteiger partial charge < -0.3 is 35.7 Å². The molecule has 2 aromatic rings. The standard InChI is InChI=1S/C38H53N7O9S/c1-36(2,51)30-22-40-43-45(30)27-21-29(34(49)42-37(31(46)32(39)47)16-18-54-19-17-37)44(23-27)35(50)28(20-24-8-4-3-5-9-24)41-33(48)25-10-12-26(13-11-25)38(55(52)53)14-6-7-15-38/h10-13,22,24,27-29,51H,3-9,14-21,23H2,1-2H3,(H2,39,47)(H,41,48)(H,42,49)(H,52,53)/p-1/t27-,28+,29-/m0/s1. The number of ketones is 1. The van der Waals surface area contributed by atoms with Gasteiger partial charge in [0.15, 0.2) is 0 Å². The van der Waals surface area contributed by atoms with Crippen LogP contribution in [0.5, 0.6) is 0 Å². The number of hydrogen-bond acceptors (Lipinski definition) is 11. The third-order valence-corrected chi connectivity index (χ3v) is 13.4. The Hall–Kier alpha value is -4.06. The topological polar surface area (TPSA) is 239 Å². The highest BCUT2D eigenvalue weighted by Gasteiger charge is 2.49. The molecule has 4 atom stereocenters. The van der Waals surface area contributed by atoms with Crippen LogP contribution in [0.3, 0.4) is 0 Å². The van der Waals surface area contributed by atoms with E-state index in [0.29, 0.717) is 30.5 Å². The Kier molecular flexibility index (Phi) is 12.2. The normalized spacial score (nSPS) is 23.8. The van der Waals surface area contributed by atoms with Crippen LogP contribution in [0.25, 0.3) is 0 Å². The average Bonchev–Trinajstić information content (AvgIpc) is 3.95. The minimum atomic E-state index is -2.33. The third kappa shape index (κ3) is 8.54. The van der Waals surface area contributed by atoms with Crippen molar-refractivity contribution in [2.45, 2.75) is 131 Å². The summed E-state index contributed by atoms with van der Waals surface area (Å²) in [5.74, 6) is -3.70. The molecule has 1 aromatic heterocycles.